The molecule has 2 atom stereocenters. The van der Waals surface area contributed by atoms with Gasteiger partial charge in [0.25, 0.3) is 0 Å². The molecule has 140 valence electrons. The molecule has 0 unspecified atom stereocenters. The Morgan fingerprint density at radius 2 is 1.84 bits per heavy atom. The van der Waals surface area contributed by atoms with Gasteiger partial charge in [0, 0.05) is 7.11 Å². The topological polar surface area (TPSA) is 59.0 Å². The van der Waals surface area contributed by atoms with Crippen LogP contribution < -0.4 is 0 Å². The molecule has 0 bridgehead atoms. The summed E-state index contributed by atoms with van der Waals surface area (Å²) in [6.07, 6.45) is 5.52. The van der Waals surface area contributed by atoms with Gasteiger partial charge in [-0.2, -0.15) is 5.26 Å². The van der Waals surface area contributed by atoms with Crippen LogP contribution in [0.4, 0.5) is 4.39 Å². The Morgan fingerprint density at radius 1 is 1.20 bits per heavy atom. The minimum Gasteiger partial charge on any atom is -0.377 e. The number of hydrogen-bond acceptors (Lipinski definition) is 5. The summed E-state index contributed by atoms with van der Waals surface area (Å²) in [7, 11) is 1.56. The van der Waals surface area contributed by atoms with Crippen molar-refractivity contribution in [2.75, 3.05) is 26.7 Å². The van der Waals surface area contributed by atoms with Crippen LogP contribution in [0.3, 0.4) is 0 Å². The number of halogens is 1. The van der Waals surface area contributed by atoms with E-state index in [2.05, 4.69) is 9.79 Å². The van der Waals surface area contributed by atoms with E-state index in [1.54, 1.807) is 19.2 Å². The zero-order valence-corrected chi connectivity index (χ0v) is 14.8. The van der Waals surface area contributed by atoms with E-state index in [1.165, 1.54) is 37.8 Å². The Bertz CT molecular complexity index is 515. The van der Waals surface area contributed by atoms with Crippen LogP contribution in [-0.4, -0.2) is 42.9 Å². The van der Waals surface area contributed by atoms with Crippen molar-refractivity contribution in [1.29, 1.82) is 0 Å². The number of benzene rings is 1. The maximum absolute atomic E-state index is 13.1. The van der Waals surface area contributed by atoms with Gasteiger partial charge in [0.1, 0.15) is 5.82 Å². The van der Waals surface area contributed by atoms with Crippen LogP contribution in [0.25, 0.3) is 0 Å². The number of nitrogens with zero attached hydrogens (tertiary/aromatic N) is 1. The highest BCUT2D eigenvalue weighted by molar-refractivity contribution is 5.71. The fourth-order valence-electron chi connectivity index (χ4n) is 3.41. The quantitative estimate of drug-likeness (QED) is 0.569. The summed E-state index contributed by atoms with van der Waals surface area (Å²) < 4.78 is 18.6. The first-order chi connectivity index (χ1) is 12.1. The van der Waals surface area contributed by atoms with Gasteiger partial charge in [-0.1, -0.05) is 25.0 Å². The minimum atomic E-state index is -0.640. The molecule has 1 aliphatic rings. The first-order valence-corrected chi connectivity index (χ1v) is 9.00. The molecule has 2 rings (SSSR count). The van der Waals surface area contributed by atoms with E-state index in [0.717, 1.165) is 25.2 Å². The van der Waals surface area contributed by atoms with Crippen LogP contribution in [0.5, 0.6) is 0 Å². The highest BCUT2D eigenvalue weighted by Gasteiger charge is 2.26. The molecule has 5 nitrogen and oxygen atoms in total. The monoisotopic (exact) mass is 353 g/mol. The highest BCUT2D eigenvalue weighted by atomic mass is 19.1. The molecular formula is C19H28FNO4. The van der Waals surface area contributed by atoms with Crippen LogP contribution in [0.1, 0.15) is 50.2 Å². The second-order valence-electron chi connectivity index (χ2n) is 6.66. The first kappa shape index (κ1) is 19.8. The Balaban J connectivity index is 1.97. The predicted molar refractivity (Wildman–Crippen MR) is 92.5 cm³/mol. The van der Waals surface area contributed by atoms with Crippen molar-refractivity contribution in [3.8, 4) is 0 Å². The molecular weight excluding hydrogens is 325 g/mol. The average molecular weight is 353 g/mol. The zero-order chi connectivity index (χ0) is 18.1. The third-order valence-corrected chi connectivity index (χ3v) is 4.94. The van der Waals surface area contributed by atoms with Crippen molar-refractivity contribution in [1.82, 2.24) is 4.90 Å². The highest BCUT2D eigenvalue weighted by Crippen LogP contribution is 2.27. The van der Waals surface area contributed by atoms with E-state index < -0.39 is 11.9 Å². The average Bonchev–Trinajstić information content (AvgIpc) is 2.91. The fraction of sp³-hybridized carbons (Fsp3) is 0.632. The Kier molecular flexibility index (Phi) is 8.31. The van der Waals surface area contributed by atoms with Gasteiger partial charge in [0.05, 0.1) is 12.0 Å². The number of likely N-dealkylation sites (tertiary alicyclic amines) is 1. The number of ether oxygens (including phenoxy) is 1. The molecule has 1 aromatic carbocycles. The minimum absolute atomic E-state index is 0.314. The molecule has 1 fully saturated rings. The van der Waals surface area contributed by atoms with Gasteiger partial charge in [-0.15, -0.1) is 0 Å². The maximum atomic E-state index is 13.1. The summed E-state index contributed by atoms with van der Waals surface area (Å²) >= 11 is 0. The van der Waals surface area contributed by atoms with Gasteiger partial charge in [-0.3, -0.25) is 0 Å². The number of carbonyl (C=O) groups excluding carboxylic acids is 1. The van der Waals surface area contributed by atoms with Crippen molar-refractivity contribution in [3.05, 3.63) is 35.6 Å². The SMILES string of the molecule is CO[C@H](C[C@H](CCN1CCCCCC1)C(=O)OO)c1ccc(F)cc1. The summed E-state index contributed by atoms with van der Waals surface area (Å²) in [5.41, 5.74) is 0.800. The summed E-state index contributed by atoms with van der Waals surface area (Å²) in [6, 6.07) is 6.05. The van der Waals surface area contributed by atoms with E-state index in [9.17, 15) is 9.18 Å². The van der Waals surface area contributed by atoms with E-state index in [1.807, 2.05) is 0 Å². The van der Waals surface area contributed by atoms with Crippen LogP contribution in [0.15, 0.2) is 24.3 Å². The Morgan fingerprint density at radius 3 is 2.40 bits per heavy atom. The van der Waals surface area contributed by atoms with Crippen molar-refractivity contribution < 1.29 is 24.1 Å². The van der Waals surface area contributed by atoms with Gasteiger partial charge in [-0.05, 0) is 63.0 Å². The second-order valence-corrected chi connectivity index (χ2v) is 6.66. The van der Waals surface area contributed by atoms with E-state index in [0.29, 0.717) is 12.8 Å². The molecule has 0 aromatic heterocycles. The molecule has 0 spiro atoms. The molecule has 1 heterocycles. The lowest BCUT2D eigenvalue weighted by Crippen LogP contribution is -2.30. The lowest BCUT2D eigenvalue weighted by atomic mass is 9.94. The molecule has 0 radical (unpaired) electrons. The van der Waals surface area contributed by atoms with Gasteiger partial charge in [0.2, 0.25) is 0 Å². The van der Waals surface area contributed by atoms with E-state index >= 15 is 0 Å². The van der Waals surface area contributed by atoms with Gasteiger partial charge < -0.3 is 14.5 Å². The molecule has 1 N–H and O–H groups in total. The van der Waals surface area contributed by atoms with Crippen LogP contribution >= 0.6 is 0 Å². The molecule has 0 aliphatic carbocycles. The maximum Gasteiger partial charge on any atom is 0.345 e. The molecule has 1 aromatic rings. The number of carbonyl (C=O) groups is 1. The third-order valence-electron chi connectivity index (χ3n) is 4.94. The lowest BCUT2D eigenvalue weighted by Gasteiger charge is -2.24. The summed E-state index contributed by atoms with van der Waals surface area (Å²) in [5, 5.41) is 8.83. The molecule has 6 heteroatoms. The summed E-state index contributed by atoms with van der Waals surface area (Å²) in [5.74, 6) is -1.42. The lowest BCUT2D eigenvalue weighted by molar-refractivity contribution is -0.240. The first-order valence-electron chi connectivity index (χ1n) is 9.00. The van der Waals surface area contributed by atoms with Crippen molar-refractivity contribution in [2.45, 2.75) is 44.6 Å². The number of hydrogen-bond donors (Lipinski definition) is 1. The Hall–Kier alpha value is -1.50. The molecule has 1 saturated heterocycles. The smallest absolute Gasteiger partial charge is 0.345 e. The third kappa shape index (κ3) is 6.38. The fourth-order valence-corrected chi connectivity index (χ4v) is 3.41. The van der Waals surface area contributed by atoms with Gasteiger partial charge in [-0.25, -0.2) is 9.18 Å². The normalized spacial score (nSPS) is 18.4. The van der Waals surface area contributed by atoms with Crippen molar-refractivity contribution in [2.24, 2.45) is 5.92 Å². The standard InChI is InChI=1S/C19H28FNO4/c1-24-18(15-6-8-17(20)9-7-15)14-16(19(22)25-23)10-13-21-11-4-2-3-5-12-21/h6-9,16,18,23H,2-5,10-14H2,1H3/t16-,18+/m0/s1. The summed E-state index contributed by atoms with van der Waals surface area (Å²) in [6.45, 7) is 2.89. The number of methoxy groups -OCH3 is 1. The largest absolute Gasteiger partial charge is 0.377 e. The van der Waals surface area contributed by atoms with E-state index in [-0.39, 0.29) is 11.9 Å². The van der Waals surface area contributed by atoms with E-state index in [4.69, 9.17) is 9.99 Å². The molecule has 25 heavy (non-hydrogen) atoms. The predicted octanol–water partition coefficient (Wildman–Crippen LogP) is 3.80. The van der Waals surface area contributed by atoms with Crippen molar-refractivity contribution in [3.63, 3.8) is 0 Å². The molecule has 0 saturated carbocycles. The summed E-state index contributed by atoms with van der Waals surface area (Å²) in [4.78, 5) is 18.4. The van der Waals surface area contributed by atoms with Crippen molar-refractivity contribution >= 4 is 5.97 Å². The van der Waals surface area contributed by atoms with Gasteiger partial charge >= 0.3 is 5.97 Å². The second kappa shape index (κ2) is 10.5. The Labute approximate surface area is 148 Å². The van der Waals surface area contributed by atoms with Gasteiger partial charge in [0.15, 0.2) is 0 Å². The van der Waals surface area contributed by atoms with Crippen LogP contribution in [-0.2, 0) is 14.4 Å². The number of rotatable bonds is 8. The molecule has 1 aliphatic heterocycles. The van der Waals surface area contributed by atoms with Crippen LogP contribution in [0.2, 0.25) is 0 Å². The molecule has 0 amide bonds. The van der Waals surface area contributed by atoms with Crippen LogP contribution in [0, 0.1) is 11.7 Å². The zero-order valence-electron chi connectivity index (χ0n) is 14.8.